The molecule has 7 nitrogen and oxygen atoms in total. The number of β-amino-alcohol motifs (C(OH)–C–C–N with tert-alkyl or cyclic N) is 1. The molecule has 2 fully saturated rings. The molecule has 1 unspecified atom stereocenters. The first-order valence-electron chi connectivity index (χ1n) is 7.60. The van der Waals surface area contributed by atoms with Gasteiger partial charge in [0.1, 0.15) is 6.04 Å². The average molecular weight is 299 g/mol. The van der Waals surface area contributed by atoms with Crippen molar-refractivity contribution in [3.05, 3.63) is 0 Å². The standard InChI is InChI=1S/C14H25N3O4/c1-3-10-8-15(2)5-4-6-16(10)14(21)17-9-11(18)7-12(17)13(19)20/h10-12,18H,3-9H2,1-2H3,(H,19,20)/t10?,11-,12-/m0/s1. The topological polar surface area (TPSA) is 84.3 Å². The van der Waals surface area contributed by atoms with Crippen molar-refractivity contribution in [1.29, 1.82) is 0 Å². The fourth-order valence-corrected chi connectivity index (χ4v) is 3.27. The van der Waals surface area contributed by atoms with Crippen molar-refractivity contribution in [2.75, 3.05) is 33.2 Å². The highest BCUT2D eigenvalue weighted by Gasteiger charge is 2.42. The van der Waals surface area contributed by atoms with Gasteiger partial charge in [-0.2, -0.15) is 0 Å². The van der Waals surface area contributed by atoms with Crippen molar-refractivity contribution >= 4 is 12.0 Å². The summed E-state index contributed by atoms with van der Waals surface area (Å²) in [6.45, 7) is 4.53. The number of carboxylic acid groups (broad SMARTS) is 1. The number of likely N-dealkylation sites (N-methyl/N-ethyl adjacent to an activating group) is 1. The summed E-state index contributed by atoms with van der Waals surface area (Å²) in [5.74, 6) is -1.04. The van der Waals surface area contributed by atoms with Crippen LogP contribution in [0.15, 0.2) is 0 Å². The van der Waals surface area contributed by atoms with Crippen molar-refractivity contribution in [3.8, 4) is 0 Å². The van der Waals surface area contributed by atoms with Crippen molar-refractivity contribution < 1.29 is 19.8 Å². The maximum Gasteiger partial charge on any atom is 0.326 e. The van der Waals surface area contributed by atoms with E-state index >= 15 is 0 Å². The zero-order valence-electron chi connectivity index (χ0n) is 12.7. The van der Waals surface area contributed by atoms with Crippen LogP contribution in [0.5, 0.6) is 0 Å². The highest BCUT2D eigenvalue weighted by atomic mass is 16.4. The molecule has 0 aromatic carbocycles. The van der Waals surface area contributed by atoms with Gasteiger partial charge in [0.05, 0.1) is 6.10 Å². The fraction of sp³-hybridized carbons (Fsp3) is 0.857. The second-order valence-electron chi connectivity index (χ2n) is 6.05. The third-order valence-electron chi connectivity index (χ3n) is 4.43. The highest BCUT2D eigenvalue weighted by molar-refractivity contribution is 5.83. The third kappa shape index (κ3) is 3.47. The Balaban J connectivity index is 2.14. The zero-order chi connectivity index (χ0) is 15.6. The Morgan fingerprint density at radius 3 is 2.52 bits per heavy atom. The summed E-state index contributed by atoms with van der Waals surface area (Å²) in [5.41, 5.74) is 0. The minimum atomic E-state index is -1.04. The van der Waals surface area contributed by atoms with Gasteiger partial charge < -0.3 is 24.9 Å². The fourth-order valence-electron chi connectivity index (χ4n) is 3.27. The maximum absolute atomic E-state index is 12.7. The lowest BCUT2D eigenvalue weighted by Crippen LogP contribution is -2.52. The molecule has 2 saturated heterocycles. The molecule has 0 bridgehead atoms. The van der Waals surface area contributed by atoms with Crippen molar-refractivity contribution in [2.24, 2.45) is 0 Å². The van der Waals surface area contributed by atoms with Gasteiger partial charge in [0.15, 0.2) is 0 Å². The SMILES string of the molecule is CCC1CN(C)CCCN1C(=O)N1C[C@@H](O)C[C@H]1C(=O)O. The average Bonchev–Trinajstić information content (AvgIpc) is 2.72. The number of hydrogen-bond acceptors (Lipinski definition) is 4. The quantitative estimate of drug-likeness (QED) is 0.752. The minimum absolute atomic E-state index is 0.0946. The molecule has 0 aromatic heterocycles. The number of urea groups is 1. The van der Waals surface area contributed by atoms with Crippen LogP contribution in [0.4, 0.5) is 4.79 Å². The summed E-state index contributed by atoms with van der Waals surface area (Å²) in [7, 11) is 2.04. The Hall–Kier alpha value is -1.34. The molecule has 0 radical (unpaired) electrons. The van der Waals surface area contributed by atoms with Gasteiger partial charge in [0.2, 0.25) is 0 Å². The summed E-state index contributed by atoms with van der Waals surface area (Å²) in [4.78, 5) is 29.3. The summed E-state index contributed by atoms with van der Waals surface area (Å²) in [6.07, 6.45) is 1.09. The Bertz CT molecular complexity index is 404. The molecule has 2 heterocycles. The molecule has 0 aromatic rings. The molecular weight excluding hydrogens is 274 g/mol. The molecule has 2 aliphatic rings. The Morgan fingerprint density at radius 2 is 1.90 bits per heavy atom. The smallest absolute Gasteiger partial charge is 0.326 e. The van der Waals surface area contributed by atoms with Gasteiger partial charge in [-0.3, -0.25) is 0 Å². The Labute approximate surface area is 125 Å². The first-order valence-corrected chi connectivity index (χ1v) is 7.60. The van der Waals surface area contributed by atoms with Crippen molar-refractivity contribution in [2.45, 2.75) is 44.4 Å². The van der Waals surface area contributed by atoms with Gasteiger partial charge in [-0.1, -0.05) is 6.92 Å². The second-order valence-corrected chi connectivity index (χ2v) is 6.05. The van der Waals surface area contributed by atoms with Crippen LogP contribution in [0.3, 0.4) is 0 Å². The van der Waals surface area contributed by atoms with Crippen molar-refractivity contribution in [1.82, 2.24) is 14.7 Å². The van der Waals surface area contributed by atoms with Gasteiger partial charge in [0.25, 0.3) is 0 Å². The van der Waals surface area contributed by atoms with Gasteiger partial charge in [0, 0.05) is 32.1 Å². The molecule has 2 amide bonds. The van der Waals surface area contributed by atoms with E-state index < -0.39 is 18.1 Å². The molecular formula is C14H25N3O4. The minimum Gasteiger partial charge on any atom is -0.480 e. The van der Waals surface area contributed by atoms with Gasteiger partial charge in [-0.05, 0) is 26.4 Å². The number of likely N-dealkylation sites (tertiary alicyclic amines) is 1. The summed E-state index contributed by atoms with van der Waals surface area (Å²) in [6, 6.07) is -1.07. The van der Waals surface area contributed by atoms with Crippen LogP contribution in [-0.2, 0) is 4.79 Å². The molecule has 2 N–H and O–H groups in total. The van der Waals surface area contributed by atoms with Crippen LogP contribution in [0.25, 0.3) is 0 Å². The van der Waals surface area contributed by atoms with E-state index in [0.717, 1.165) is 25.9 Å². The second kappa shape index (κ2) is 6.62. The van der Waals surface area contributed by atoms with Crippen LogP contribution >= 0.6 is 0 Å². The van der Waals surface area contributed by atoms with E-state index in [9.17, 15) is 19.8 Å². The van der Waals surface area contributed by atoms with E-state index in [-0.39, 0.29) is 25.0 Å². The third-order valence-corrected chi connectivity index (χ3v) is 4.43. The van der Waals surface area contributed by atoms with E-state index in [0.29, 0.717) is 6.54 Å². The van der Waals surface area contributed by atoms with E-state index in [1.807, 2.05) is 14.0 Å². The number of hydrogen-bond donors (Lipinski definition) is 2. The van der Waals surface area contributed by atoms with E-state index in [4.69, 9.17) is 0 Å². The van der Waals surface area contributed by atoms with Gasteiger partial charge >= 0.3 is 12.0 Å². The lowest BCUT2D eigenvalue weighted by atomic mass is 10.2. The van der Waals surface area contributed by atoms with Crippen LogP contribution in [-0.4, -0.2) is 88.3 Å². The van der Waals surface area contributed by atoms with E-state index in [1.54, 1.807) is 4.90 Å². The molecule has 2 aliphatic heterocycles. The Kier molecular flexibility index (Phi) is 5.05. The largest absolute Gasteiger partial charge is 0.480 e. The highest BCUT2D eigenvalue weighted by Crippen LogP contribution is 2.22. The van der Waals surface area contributed by atoms with Gasteiger partial charge in [-0.15, -0.1) is 0 Å². The van der Waals surface area contributed by atoms with E-state index in [1.165, 1.54) is 4.90 Å². The number of carboxylic acids is 1. The number of aliphatic carboxylic acids is 1. The van der Waals surface area contributed by atoms with Crippen LogP contribution < -0.4 is 0 Å². The molecule has 0 saturated carbocycles. The molecule has 0 spiro atoms. The summed E-state index contributed by atoms with van der Waals surface area (Å²) < 4.78 is 0. The molecule has 21 heavy (non-hydrogen) atoms. The first kappa shape index (κ1) is 16.0. The predicted octanol–water partition coefficient (Wildman–Crippen LogP) is 0.0423. The predicted molar refractivity (Wildman–Crippen MR) is 77.0 cm³/mol. The number of nitrogens with zero attached hydrogens (tertiary/aromatic N) is 3. The summed E-state index contributed by atoms with van der Waals surface area (Å²) >= 11 is 0. The maximum atomic E-state index is 12.7. The monoisotopic (exact) mass is 299 g/mol. The molecule has 0 aliphatic carbocycles. The van der Waals surface area contributed by atoms with E-state index in [2.05, 4.69) is 4.90 Å². The molecule has 120 valence electrons. The molecule has 3 atom stereocenters. The first-order chi connectivity index (χ1) is 9.93. The zero-order valence-corrected chi connectivity index (χ0v) is 12.7. The Morgan fingerprint density at radius 1 is 1.19 bits per heavy atom. The number of carbonyl (C=O) groups excluding carboxylic acids is 1. The number of carbonyl (C=O) groups is 2. The number of rotatable bonds is 2. The normalized spacial score (nSPS) is 31.3. The van der Waals surface area contributed by atoms with Crippen LogP contribution in [0.2, 0.25) is 0 Å². The number of amides is 2. The van der Waals surface area contributed by atoms with Crippen molar-refractivity contribution in [3.63, 3.8) is 0 Å². The molecule has 2 rings (SSSR count). The lowest BCUT2D eigenvalue weighted by molar-refractivity contribution is -0.141. The lowest BCUT2D eigenvalue weighted by Gasteiger charge is -2.34. The molecule has 7 heteroatoms. The number of aliphatic hydroxyl groups excluding tert-OH is 1. The van der Waals surface area contributed by atoms with Crippen LogP contribution in [0.1, 0.15) is 26.2 Å². The van der Waals surface area contributed by atoms with Gasteiger partial charge in [-0.25, -0.2) is 9.59 Å². The number of aliphatic hydroxyl groups is 1. The summed E-state index contributed by atoms with van der Waals surface area (Å²) in [5, 5.41) is 18.9. The van der Waals surface area contributed by atoms with Crippen LogP contribution in [0, 0.1) is 0 Å².